The molecule has 0 saturated heterocycles. The molecule has 0 spiro atoms. The lowest BCUT2D eigenvalue weighted by Crippen LogP contribution is -2.27. The molecule has 1 aromatic heterocycles. The van der Waals surface area contributed by atoms with Crippen LogP contribution in [0.5, 0.6) is 0 Å². The average Bonchev–Trinajstić information content (AvgIpc) is 4.01. The van der Waals surface area contributed by atoms with Crippen LogP contribution < -0.4 is 4.90 Å². The summed E-state index contributed by atoms with van der Waals surface area (Å²) in [6, 6.07) is 30.5. The van der Waals surface area contributed by atoms with Crippen LogP contribution >= 0.6 is 11.3 Å². The molecule has 0 amide bonds. The smallest absolute Gasteiger partial charge is 0.335 e. The van der Waals surface area contributed by atoms with Crippen LogP contribution in [0.15, 0.2) is 103 Å². The Kier molecular flexibility index (Phi) is 9.28. The Balaban J connectivity index is 1.01. The van der Waals surface area contributed by atoms with Crippen molar-refractivity contribution >= 4 is 46.3 Å². The summed E-state index contributed by atoms with van der Waals surface area (Å²) in [5.41, 5.74) is 12.9. The molecule has 4 aromatic carbocycles. The minimum absolute atomic E-state index is 0.00737. The summed E-state index contributed by atoms with van der Waals surface area (Å²) in [7, 11) is 0. The Morgan fingerprint density at radius 3 is 2.39 bits per heavy atom. The molecule has 2 atom stereocenters. The Hall–Kier alpha value is -5.33. The van der Waals surface area contributed by atoms with Gasteiger partial charge >= 0.3 is 5.97 Å². The van der Waals surface area contributed by atoms with Crippen LogP contribution in [0.1, 0.15) is 136 Å². The maximum atomic E-state index is 13.0. The molecule has 0 radical (unpaired) electrons. The molecular weight excluding hydrogens is 711 g/mol. The number of hydrogen-bond donors (Lipinski definition) is 1. The molecule has 2 unspecified atom stereocenters. The zero-order chi connectivity index (χ0) is 38.7. The SMILES string of the molecule is CCCCC1(CCCC)c2ccccc2-c2cc(N3c4ccc(-c5cc(C)c(/C=C/C=C6\C(=O)c7ccc(C(=O)O)cc7C6=O)s5)cc4C4CCCC43)ccc21. The number of carbonyl (C=O) groups excluding carboxylic acids is 2. The van der Waals surface area contributed by atoms with E-state index in [2.05, 4.69) is 92.4 Å². The van der Waals surface area contributed by atoms with Crippen molar-refractivity contribution in [2.75, 3.05) is 4.90 Å². The lowest BCUT2D eigenvalue weighted by atomic mass is 9.71. The van der Waals surface area contributed by atoms with Crippen molar-refractivity contribution in [3.05, 3.63) is 146 Å². The number of anilines is 2. The normalized spacial score (nSPS) is 19.5. The van der Waals surface area contributed by atoms with E-state index in [0.29, 0.717) is 12.0 Å². The summed E-state index contributed by atoms with van der Waals surface area (Å²) in [5, 5.41) is 9.34. The first-order valence-electron chi connectivity index (χ1n) is 20.4. The van der Waals surface area contributed by atoms with Crippen molar-refractivity contribution in [1.29, 1.82) is 0 Å². The fourth-order valence-corrected chi connectivity index (χ4v) is 11.3. The second-order valence-electron chi connectivity index (χ2n) is 16.1. The summed E-state index contributed by atoms with van der Waals surface area (Å²) in [6.45, 7) is 6.72. The minimum Gasteiger partial charge on any atom is -0.478 e. The van der Waals surface area contributed by atoms with Crippen molar-refractivity contribution in [1.82, 2.24) is 0 Å². The van der Waals surface area contributed by atoms with E-state index in [1.54, 1.807) is 23.5 Å². The molecule has 5 aromatic rings. The van der Waals surface area contributed by atoms with Gasteiger partial charge in [-0.05, 0) is 132 Å². The molecule has 1 N–H and O–H groups in total. The zero-order valence-electron chi connectivity index (χ0n) is 32.4. The Labute approximate surface area is 333 Å². The van der Waals surface area contributed by atoms with Crippen LogP contribution in [0.2, 0.25) is 0 Å². The van der Waals surface area contributed by atoms with Gasteiger partial charge in [-0.25, -0.2) is 4.79 Å². The van der Waals surface area contributed by atoms with Gasteiger partial charge in [0, 0.05) is 49.6 Å². The Bertz CT molecular complexity index is 2490. The fourth-order valence-electron chi connectivity index (χ4n) is 10.2. The number of thiophene rings is 1. The predicted molar refractivity (Wildman–Crippen MR) is 228 cm³/mol. The van der Waals surface area contributed by atoms with Crippen LogP contribution in [0.4, 0.5) is 11.4 Å². The number of aryl methyl sites for hydroxylation is 1. The predicted octanol–water partition coefficient (Wildman–Crippen LogP) is 12.9. The number of carboxylic acid groups (broad SMARTS) is 1. The summed E-state index contributed by atoms with van der Waals surface area (Å²) in [6.07, 6.45) is 16.2. The number of allylic oxidation sites excluding steroid dienone is 3. The Morgan fingerprint density at radius 2 is 1.61 bits per heavy atom. The van der Waals surface area contributed by atoms with Crippen molar-refractivity contribution in [3.63, 3.8) is 0 Å². The molecule has 1 fully saturated rings. The maximum absolute atomic E-state index is 13.0. The molecule has 9 rings (SSSR count). The first kappa shape index (κ1) is 36.3. The van der Waals surface area contributed by atoms with E-state index in [4.69, 9.17) is 0 Å². The second kappa shape index (κ2) is 14.3. The summed E-state index contributed by atoms with van der Waals surface area (Å²) < 4.78 is 0. The molecule has 1 aliphatic heterocycles. The van der Waals surface area contributed by atoms with E-state index in [1.807, 2.05) is 6.08 Å². The fraction of sp³-hybridized carbons (Fsp3) is 0.300. The van der Waals surface area contributed by atoms with Gasteiger partial charge in [-0.3, -0.25) is 9.59 Å². The van der Waals surface area contributed by atoms with E-state index >= 15 is 0 Å². The molecule has 4 aliphatic rings. The van der Waals surface area contributed by atoms with Crippen LogP contribution in [0.3, 0.4) is 0 Å². The summed E-state index contributed by atoms with van der Waals surface area (Å²) >= 11 is 1.71. The molecule has 56 heavy (non-hydrogen) atoms. The first-order valence-corrected chi connectivity index (χ1v) is 21.2. The van der Waals surface area contributed by atoms with Crippen LogP contribution in [-0.4, -0.2) is 28.7 Å². The van der Waals surface area contributed by atoms with E-state index in [1.165, 1.54) is 126 Å². The van der Waals surface area contributed by atoms with Crippen molar-refractivity contribution in [2.45, 2.75) is 95.9 Å². The van der Waals surface area contributed by atoms with Crippen LogP contribution in [0, 0.1) is 6.92 Å². The molecule has 5 nitrogen and oxygen atoms in total. The number of hydrogen-bond acceptors (Lipinski definition) is 5. The number of unbranched alkanes of at least 4 members (excludes halogenated alkanes) is 2. The highest BCUT2D eigenvalue weighted by atomic mass is 32.1. The highest BCUT2D eigenvalue weighted by Gasteiger charge is 2.45. The van der Waals surface area contributed by atoms with E-state index in [9.17, 15) is 19.5 Å². The van der Waals surface area contributed by atoms with Gasteiger partial charge in [0.25, 0.3) is 0 Å². The molecule has 3 aliphatic carbocycles. The lowest BCUT2D eigenvalue weighted by Gasteiger charge is -2.33. The zero-order valence-corrected chi connectivity index (χ0v) is 33.2. The number of benzene rings is 4. The van der Waals surface area contributed by atoms with Gasteiger partial charge < -0.3 is 10.0 Å². The highest BCUT2D eigenvalue weighted by molar-refractivity contribution is 7.16. The minimum atomic E-state index is -1.13. The first-order chi connectivity index (χ1) is 27.2. The second-order valence-corrected chi connectivity index (χ2v) is 17.2. The quantitative estimate of drug-likeness (QED) is 0.107. The van der Waals surface area contributed by atoms with Crippen molar-refractivity contribution in [3.8, 4) is 21.6 Å². The van der Waals surface area contributed by atoms with Crippen molar-refractivity contribution < 1.29 is 19.5 Å². The molecular formula is C50H47NO4S. The number of Topliss-reactive ketones (excluding diaryl/α,β-unsaturated/α-hetero) is 2. The van der Waals surface area contributed by atoms with E-state index in [-0.39, 0.29) is 33.5 Å². The Morgan fingerprint density at radius 1 is 0.839 bits per heavy atom. The molecule has 0 bridgehead atoms. The number of carbonyl (C=O) groups is 3. The molecule has 6 heteroatoms. The molecule has 2 heterocycles. The van der Waals surface area contributed by atoms with E-state index in [0.717, 1.165) is 10.4 Å². The third-order valence-electron chi connectivity index (χ3n) is 12.9. The number of aromatic carboxylic acids is 1. The lowest BCUT2D eigenvalue weighted by molar-refractivity contribution is 0.0696. The standard InChI is InChI=1S/C50H47NO4S/c1-4-6-24-50(25-7-5-2)41-15-9-8-12-34(41)38-29-33(20-22-42(38)50)51-43-16-10-13-35(43)39-27-31(19-23-44(39)51)46-26-30(3)45(56-46)17-11-14-37-47(52)36-21-18-32(49(54)55)28-40(36)48(37)53/h8-9,11-12,14-15,17-23,26-29,35,43H,4-7,10,13,16,24-25H2,1-3H3,(H,54,55)/b17-11+,37-14+. The van der Waals surface area contributed by atoms with Gasteiger partial charge in [0.1, 0.15) is 0 Å². The molecule has 1 saturated carbocycles. The number of rotatable bonds is 11. The van der Waals surface area contributed by atoms with Gasteiger partial charge in [0.05, 0.1) is 11.1 Å². The maximum Gasteiger partial charge on any atom is 0.335 e. The topological polar surface area (TPSA) is 74.7 Å². The summed E-state index contributed by atoms with van der Waals surface area (Å²) in [4.78, 5) is 42.4. The third-order valence-corrected chi connectivity index (χ3v) is 14.2. The third kappa shape index (κ3) is 5.75. The van der Waals surface area contributed by atoms with Crippen LogP contribution in [-0.2, 0) is 5.41 Å². The highest BCUT2D eigenvalue weighted by Crippen LogP contribution is 2.57. The largest absolute Gasteiger partial charge is 0.478 e. The monoisotopic (exact) mass is 757 g/mol. The van der Waals surface area contributed by atoms with Gasteiger partial charge in [-0.1, -0.05) is 88.4 Å². The summed E-state index contributed by atoms with van der Waals surface area (Å²) in [5.74, 6) is -1.43. The van der Waals surface area contributed by atoms with Gasteiger partial charge in [-0.15, -0.1) is 11.3 Å². The molecule has 282 valence electrons. The van der Waals surface area contributed by atoms with Crippen LogP contribution in [0.25, 0.3) is 27.6 Å². The number of fused-ring (bicyclic) bond motifs is 7. The van der Waals surface area contributed by atoms with Gasteiger partial charge in [0.2, 0.25) is 0 Å². The number of nitrogens with zero attached hydrogens (tertiary/aromatic N) is 1. The average molecular weight is 758 g/mol. The van der Waals surface area contributed by atoms with Gasteiger partial charge in [-0.2, -0.15) is 0 Å². The number of carboxylic acids is 1. The van der Waals surface area contributed by atoms with Gasteiger partial charge in [0.15, 0.2) is 11.6 Å². The van der Waals surface area contributed by atoms with E-state index < -0.39 is 11.8 Å². The number of ketones is 2. The van der Waals surface area contributed by atoms with Crippen molar-refractivity contribution in [2.24, 2.45) is 0 Å².